The SMILES string of the molecule is COC(=O)C1CCCN1C(N)=O. The van der Waals surface area contributed by atoms with E-state index < -0.39 is 12.1 Å². The lowest BCUT2D eigenvalue weighted by Crippen LogP contribution is -2.43. The van der Waals surface area contributed by atoms with Crippen LogP contribution in [0.3, 0.4) is 0 Å². The zero-order valence-corrected chi connectivity index (χ0v) is 6.95. The molecule has 0 aromatic carbocycles. The summed E-state index contributed by atoms with van der Waals surface area (Å²) < 4.78 is 4.53. The highest BCUT2D eigenvalue weighted by molar-refractivity contribution is 5.83. The summed E-state index contributed by atoms with van der Waals surface area (Å²) >= 11 is 0. The number of rotatable bonds is 1. The second kappa shape index (κ2) is 3.42. The van der Waals surface area contributed by atoms with Crippen molar-refractivity contribution < 1.29 is 14.3 Å². The van der Waals surface area contributed by atoms with Crippen molar-refractivity contribution in [1.82, 2.24) is 4.90 Å². The van der Waals surface area contributed by atoms with Crippen molar-refractivity contribution in [3.05, 3.63) is 0 Å². The number of hydrogen-bond acceptors (Lipinski definition) is 3. The fourth-order valence-corrected chi connectivity index (χ4v) is 1.41. The van der Waals surface area contributed by atoms with Crippen molar-refractivity contribution in [2.24, 2.45) is 5.73 Å². The van der Waals surface area contributed by atoms with Crippen molar-refractivity contribution in [2.45, 2.75) is 18.9 Å². The molecule has 1 aliphatic rings. The molecule has 1 saturated heterocycles. The maximum absolute atomic E-state index is 11.1. The highest BCUT2D eigenvalue weighted by Gasteiger charge is 2.33. The van der Waals surface area contributed by atoms with Gasteiger partial charge in [0.05, 0.1) is 7.11 Å². The zero-order chi connectivity index (χ0) is 9.14. The van der Waals surface area contributed by atoms with Gasteiger partial charge in [-0.2, -0.15) is 0 Å². The monoisotopic (exact) mass is 172 g/mol. The van der Waals surface area contributed by atoms with Gasteiger partial charge in [-0.1, -0.05) is 0 Å². The standard InChI is InChI=1S/C7H12N2O3/c1-12-6(10)5-3-2-4-9(5)7(8)11/h5H,2-4H2,1H3,(H2,8,11). The Hall–Kier alpha value is -1.26. The first-order valence-electron chi connectivity index (χ1n) is 3.80. The molecular formula is C7H12N2O3. The topological polar surface area (TPSA) is 72.6 Å². The average molecular weight is 172 g/mol. The number of amides is 2. The van der Waals surface area contributed by atoms with E-state index in [0.717, 1.165) is 6.42 Å². The fourth-order valence-electron chi connectivity index (χ4n) is 1.41. The lowest BCUT2D eigenvalue weighted by atomic mass is 10.2. The summed E-state index contributed by atoms with van der Waals surface area (Å²) in [6.45, 7) is 0.551. The van der Waals surface area contributed by atoms with Crippen molar-refractivity contribution in [3.8, 4) is 0 Å². The Labute approximate surface area is 70.5 Å². The van der Waals surface area contributed by atoms with Gasteiger partial charge < -0.3 is 15.4 Å². The predicted molar refractivity (Wildman–Crippen MR) is 41.3 cm³/mol. The molecule has 1 aliphatic heterocycles. The van der Waals surface area contributed by atoms with E-state index in [1.165, 1.54) is 12.0 Å². The van der Waals surface area contributed by atoms with E-state index in [2.05, 4.69) is 4.74 Å². The smallest absolute Gasteiger partial charge is 0.328 e. The van der Waals surface area contributed by atoms with Crippen LogP contribution in [0.5, 0.6) is 0 Å². The number of methoxy groups -OCH3 is 1. The summed E-state index contributed by atoms with van der Waals surface area (Å²) in [5, 5.41) is 0. The second-order valence-electron chi connectivity index (χ2n) is 2.71. The Kier molecular flexibility index (Phi) is 2.52. The summed E-state index contributed by atoms with van der Waals surface area (Å²) in [6, 6.07) is -1.02. The minimum absolute atomic E-state index is 0.383. The van der Waals surface area contributed by atoms with Crippen LogP contribution in [-0.2, 0) is 9.53 Å². The molecule has 0 aromatic heterocycles. The summed E-state index contributed by atoms with van der Waals surface area (Å²) in [6.07, 6.45) is 1.46. The molecule has 5 heteroatoms. The highest BCUT2D eigenvalue weighted by atomic mass is 16.5. The van der Waals surface area contributed by atoms with Gasteiger partial charge in [0.15, 0.2) is 0 Å². The van der Waals surface area contributed by atoms with E-state index >= 15 is 0 Å². The minimum atomic E-state index is -0.553. The average Bonchev–Trinajstić information content (AvgIpc) is 2.50. The van der Waals surface area contributed by atoms with Crippen LogP contribution in [0.2, 0.25) is 0 Å². The number of carbonyl (C=O) groups excluding carboxylic acids is 2. The number of nitrogens with zero attached hydrogens (tertiary/aromatic N) is 1. The first kappa shape index (κ1) is 8.83. The summed E-state index contributed by atoms with van der Waals surface area (Å²) in [7, 11) is 1.31. The number of urea groups is 1. The van der Waals surface area contributed by atoms with Gasteiger partial charge in [0, 0.05) is 6.54 Å². The first-order chi connectivity index (χ1) is 5.66. The third-order valence-electron chi connectivity index (χ3n) is 2.01. The molecular weight excluding hydrogens is 160 g/mol. The Morgan fingerprint density at radius 1 is 1.58 bits per heavy atom. The van der Waals surface area contributed by atoms with Gasteiger partial charge >= 0.3 is 12.0 Å². The van der Waals surface area contributed by atoms with Gasteiger partial charge in [-0.05, 0) is 12.8 Å². The van der Waals surface area contributed by atoms with Crippen LogP contribution in [-0.4, -0.2) is 36.6 Å². The van der Waals surface area contributed by atoms with E-state index in [1.54, 1.807) is 0 Å². The van der Waals surface area contributed by atoms with E-state index in [-0.39, 0.29) is 5.97 Å². The Morgan fingerprint density at radius 3 is 2.75 bits per heavy atom. The molecule has 1 rings (SSSR count). The molecule has 0 spiro atoms. The molecule has 2 amide bonds. The molecule has 1 unspecified atom stereocenters. The van der Waals surface area contributed by atoms with Gasteiger partial charge in [0.2, 0.25) is 0 Å². The molecule has 0 aliphatic carbocycles. The lowest BCUT2D eigenvalue weighted by Gasteiger charge is -2.19. The molecule has 1 atom stereocenters. The Morgan fingerprint density at radius 2 is 2.25 bits per heavy atom. The molecule has 5 nitrogen and oxygen atoms in total. The molecule has 0 saturated carbocycles. The Bertz CT molecular complexity index is 205. The van der Waals surface area contributed by atoms with Crippen molar-refractivity contribution in [1.29, 1.82) is 0 Å². The summed E-state index contributed by atoms with van der Waals surface area (Å²) in [5.41, 5.74) is 5.06. The van der Waals surface area contributed by atoms with Gasteiger partial charge in [0.1, 0.15) is 6.04 Å². The maximum atomic E-state index is 11.1. The number of carbonyl (C=O) groups is 2. The van der Waals surface area contributed by atoms with Crippen LogP contribution in [0.25, 0.3) is 0 Å². The minimum Gasteiger partial charge on any atom is -0.467 e. The molecule has 0 aromatic rings. The number of hydrogen-bond donors (Lipinski definition) is 1. The normalized spacial score (nSPS) is 22.4. The highest BCUT2D eigenvalue weighted by Crippen LogP contribution is 2.17. The number of likely N-dealkylation sites (tertiary alicyclic amines) is 1. The number of esters is 1. The molecule has 68 valence electrons. The number of primary amides is 1. The van der Waals surface area contributed by atoms with E-state index in [9.17, 15) is 9.59 Å². The van der Waals surface area contributed by atoms with Crippen LogP contribution < -0.4 is 5.73 Å². The van der Waals surface area contributed by atoms with Crippen LogP contribution >= 0.6 is 0 Å². The molecule has 0 radical (unpaired) electrons. The predicted octanol–water partition coefficient (Wildman–Crippen LogP) is -0.298. The maximum Gasteiger partial charge on any atom is 0.328 e. The van der Waals surface area contributed by atoms with Crippen LogP contribution in [0.1, 0.15) is 12.8 Å². The third kappa shape index (κ3) is 1.49. The van der Waals surface area contributed by atoms with Crippen LogP contribution in [0, 0.1) is 0 Å². The van der Waals surface area contributed by atoms with E-state index in [4.69, 9.17) is 5.73 Å². The fraction of sp³-hybridized carbons (Fsp3) is 0.714. The Balaban J connectivity index is 2.63. The molecule has 2 N–H and O–H groups in total. The van der Waals surface area contributed by atoms with Crippen molar-refractivity contribution in [3.63, 3.8) is 0 Å². The number of ether oxygens (including phenoxy) is 1. The second-order valence-corrected chi connectivity index (χ2v) is 2.71. The van der Waals surface area contributed by atoms with Crippen molar-refractivity contribution >= 4 is 12.0 Å². The third-order valence-corrected chi connectivity index (χ3v) is 2.01. The first-order valence-corrected chi connectivity index (χ1v) is 3.80. The lowest BCUT2D eigenvalue weighted by molar-refractivity contribution is -0.144. The van der Waals surface area contributed by atoms with Crippen LogP contribution in [0.4, 0.5) is 4.79 Å². The van der Waals surface area contributed by atoms with E-state index in [1.807, 2.05) is 0 Å². The van der Waals surface area contributed by atoms with Gasteiger partial charge in [0.25, 0.3) is 0 Å². The molecule has 0 bridgehead atoms. The van der Waals surface area contributed by atoms with Crippen LogP contribution in [0.15, 0.2) is 0 Å². The van der Waals surface area contributed by atoms with Crippen molar-refractivity contribution in [2.75, 3.05) is 13.7 Å². The van der Waals surface area contributed by atoms with E-state index in [0.29, 0.717) is 13.0 Å². The van der Waals surface area contributed by atoms with Gasteiger partial charge in [-0.25, -0.2) is 9.59 Å². The molecule has 12 heavy (non-hydrogen) atoms. The summed E-state index contributed by atoms with van der Waals surface area (Å²) in [5.74, 6) is -0.383. The summed E-state index contributed by atoms with van der Waals surface area (Å²) in [4.78, 5) is 23.2. The molecule has 1 heterocycles. The largest absolute Gasteiger partial charge is 0.467 e. The number of nitrogens with two attached hydrogens (primary N) is 1. The quantitative estimate of drug-likeness (QED) is 0.552. The zero-order valence-electron chi connectivity index (χ0n) is 6.95. The van der Waals surface area contributed by atoms with Gasteiger partial charge in [-0.3, -0.25) is 0 Å². The molecule has 1 fully saturated rings. The van der Waals surface area contributed by atoms with Gasteiger partial charge in [-0.15, -0.1) is 0 Å².